The van der Waals surface area contributed by atoms with Crippen LogP contribution in [0, 0.1) is 24.0 Å². The highest BCUT2D eigenvalue weighted by Crippen LogP contribution is 2.15. The molecule has 0 aliphatic carbocycles. The summed E-state index contributed by atoms with van der Waals surface area (Å²) in [7, 11) is 0. The van der Waals surface area contributed by atoms with Crippen molar-refractivity contribution >= 4 is 0 Å². The molecule has 0 saturated carbocycles. The highest BCUT2D eigenvalue weighted by Gasteiger charge is 2.11. The van der Waals surface area contributed by atoms with Crippen molar-refractivity contribution in [3.8, 4) is 12.3 Å². The van der Waals surface area contributed by atoms with Crippen molar-refractivity contribution in [3.05, 3.63) is 35.4 Å². The van der Waals surface area contributed by atoms with Gasteiger partial charge in [0.25, 0.3) is 0 Å². The van der Waals surface area contributed by atoms with Gasteiger partial charge in [-0.2, -0.15) is 0 Å². The van der Waals surface area contributed by atoms with E-state index in [2.05, 4.69) is 5.92 Å². The third-order valence-corrected chi connectivity index (χ3v) is 2.35. The van der Waals surface area contributed by atoms with Crippen molar-refractivity contribution in [3.63, 3.8) is 0 Å². The molecule has 1 aromatic rings. The van der Waals surface area contributed by atoms with Crippen LogP contribution in [0.3, 0.4) is 0 Å². The highest BCUT2D eigenvalue weighted by molar-refractivity contribution is 5.19. The molecule has 1 atom stereocenters. The Labute approximate surface area is 94.1 Å². The third-order valence-electron chi connectivity index (χ3n) is 2.35. The monoisotopic (exact) mass is 224 g/mol. The second-order valence-corrected chi connectivity index (χ2v) is 3.67. The topological polar surface area (TPSA) is 20.2 Å². The smallest absolute Gasteiger partial charge is 0.162 e. The molecular formula is C13H14F2O. The van der Waals surface area contributed by atoms with Crippen LogP contribution in [0.2, 0.25) is 0 Å². The summed E-state index contributed by atoms with van der Waals surface area (Å²) in [6.45, 7) is 0. The van der Waals surface area contributed by atoms with Crippen molar-refractivity contribution in [2.45, 2.75) is 31.8 Å². The maximum absolute atomic E-state index is 13.2. The molecule has 0 heterocycles. The molecular weight excluding hydrogens is 210 g/mol. The van der Waals surface area contributed by atoms with Crippen LogP contribution in [0.25, 0.3) is 0 Å². The van der Waals surface area contributed by atoms with E-state index in [-0.39, 0.29) is 12.0 Å². The molecule has 0 radical (unpaired) electrons. The molecule has 86 valence electrons. The Hall–Kier alpha value is -1.40. The van der Waals surface area contributed by atoms with Gasteiger partial charge in [-0.05, 0) is 24.5 Å². The standard InChI is InChI=1S/C13H14F2O/c1-2-3-4-7-11(16)9-10-6-5-8-12(14)13(10)15/h1,5-6,8,11,16H,3-4,7,9H2. The minimum atomic E-state index is -0.881. The molecule has 3 heteroatoms. The molecule has 16 heavy (non-hydrogen) atoms. The predicted molar refractivity (Wildman–Crippen MR) is 58.8 cm³/mol. The summed E-state index contributed by atoms with van der Waals surface area (Å²) >= 11 is 0. The Morgan fingerprint density at radius 2 is 2.12 bits per heavy atom. The lowest BCUT2D eigenvalue weighted by molar-refractivity contribution is 0.161. The Bertz CT molecular complexity index is 382. The number of hydrogen-bond acceptors (Lipinski definition) is 1. The number of rotatable bonds is 5. The predicted octanol–water partition coefficient (Wildman–Crippen LogP) is 2.67. The maximum Gasteiger partial charge on any atom is 0.162 e. The van der Waals surface area contributed by atoms with Gasteiger partial charge in [0.05, 0.1) is 6.10 Å². The number of hydrogen-bond donors (Lipinski definition) is 1. The van der Waals surface area contributed by atoms with Gasteiger partial charge in [-0.25, -0.2) is 8.78 Å². The number of terminal acetylenes is 1. The zero-order valence-electron chi connectivity index (χ0n) is 8.92. The molecule has 0 aliphatic rings. The van der Waals surface area contributed by atoms with Crippen molar-refractivity contribution in [2.24, 2.45) is 0 Å². The zero-order valence-corrected chi connectivity index (χ0v) is 8.92. The van der Waals surface area contributed by atoms with Gasteiger partial charge in [-0.15, -0.1) is 12.3 Å². The van der Waals surface area contributed by atoms with E-state index in [9.17, 15) is 13.9 Å². The van der Waals surface area contributed by atoms with Crippen LogP contribution < -0.4 is 0 Å². The molecule has 0 spiro atoms. The van der Waals surface area contributed by atoms with Gasteiger partial charge in [0.1, 0.15) is 0 Å². The second kappa shape index (κ2) is 6.24. The SMILES string of the molecule is C#CCCCC(O)Cc1cccc(F)c1F. The van der Waals surface area contributed by atoms with Gasteiger partial charge in [0.2, 0.25) is 0 Å². The first kappa shape index (κ1) is 12.7. The minimum Gasteiger partial charge on any atom is -0.393 e. The number of benzene rings is 1. The van der Waals surface area contributed by atoms with Gasteiger partial charge in [0.15, 0.2) is 11.6 Å². The van der Waals surface area contributed by atoms with Gasteiger partial charge in [-0.3, -0.25) is 0 Å². The molecule has 0 bridgehead atoms. The number of aliphatic hydroxyl groups excluding tert-OH is 1. The first-order valence-corrected chi connectivity index (χ1v) is 5.19. The van der Waals surface area contributed by atoms with Crippen molar-refractivity contribution < 1.29 is 13.9 Å². The maximum atomic E-state index is 13.2. The van der Waals surface area contributed by atoms with E-state index in [4.69, 9.17) is 6.42 Å². The normalized spacial score (nSPS) is 12.1. The fraction of sp³-hybridized carbons (Fsp3) is 0.385. The van der Waals surface area contributed by atoms with Crippen molar-refractivity contribution in [1.29, 1.82) is 0 Å². The van der Waals surface area contributed by atoms with E-state index in [1.54, 1.807) is 0 Å². The number of halogens is 2. The highest BCUT2D eigenvalue weighted by atomic mass is 19.2. The zero-order chi connectivity index (χ0) is 12.0. The average Bonchev–Trinajstić information content (AvgIpc) is 2.25. The van der Waals surface area contributed by atoms with E-state index in [0.29, 0.717) is 19.3 Å². The molecule has 0 aromatic heterocycles. The summed E-state index contributed by atoms with van der Waals surface area (Å²) in [6, 6.07) is 3.97. The fourth-order valence-electron chi connectivity index (χ4n) is 1.50. The van der Waals surface area contributed by atoms with Crippen LogP contribution in [0.5, 0.6) is 0 Å². The molecule has 1 aromatic carbocycles. The summed E-state index contributed by atoms with van der Waals surface area (Å²) in [6.07, 6.45) is 6.29. The lowest BCUT2D eigenvalue weighted by atomic mass is 10.0. The number of unbranched alkanes of at least 4 members (excludes halogenated alkanes) is 1. The summed E-state index contributed by atoms with van der Waals surface area (Å²) in [5, 5.41) is 9.59. The quantitative estimate of drug-likeness (QED) is 0.602. The summed E-state index contributed by atoms with van der Waals surface area (Å²) < 4.78 is 26.1. The first-order chi connectivity index (χ1) is 7.65. The molecule has 0 saturated heterocycles. The molecule has 0 amide bonds. The van der Waals surface area contributed by atoms with Crippen LogP contribution >= 0.6 is 0 Å². The van der Waals surface area contributed by atoms with E-state index in [1.165, 1.54) is 12.1 Å². The Morgan fingerprint density at radius 3 is 2.81 bits per heavy atom. The van der Waals surface area contributed by atoms with E-state index in [0.717, 1.165) is 6.07 Å². The molecule has 1 nitrogen and oxygen atoms in total. The first-order valence-electron chi connectivity index (χ1n) is 5.19. The van der Waals surface area contributed by atoms with Gasteiger partial charge in [-0.1, -0.05) is 12.1 Å². The van der Waals surface area contributed by atoms with E-state index < -0.39 is 17.7 Å². The average molecular weight is 224 g/mol. The van der Waals surface area contributed by atoms with Crippen LogP contribution in [-0.4, -0.2) is 11.2 Å². The van der Waals surface area contributed by atoms with Gasteiger partial charge < -0.3 is 5.11 Å². The summed E-state index contributed by atoms with van der Waals surface area (Å²) in [4.78, 5) is 0. The lowest BCUT2D eigenvalue weighted by Gasteiger charge is -2.10. The van der Waals surface area contributed by atoms with Crippen LogP contribution in [-0.2, 0) is 6.42 Å². The molecule has 1 rings (SSSR count). The second-order valence-electron chi connectivity index (χ2n) is 3.67. The molecule has 1 unspecified atom stereocenters. The van der Waals surface area contributed by atoms with Gasteiger partial charge >= 0.3 is 0 Å². The summed E-state index contributed by atoms with van der Waals surface area (Å²) in [5.74, 6) is 0.705. The largest absolute Gasteiger partial charge is 0.393 e. The van der Waals surface area contributed by atoms with E-state index >= 15 is 0 Å². The van der Waals surface area contributed by atoms with E-state index in [1.807, 2.05) is 0 Å². The van der Waals surface area contributed by atoms with Crippen molar-refractivity contribution in [2.75, 3.05) is 0 Å². The van der Waals surface area contributed by atoms with Crippen LogP contribution in [0.4, 0.5) is 8.78 Å². The summed E-state index contributed by atoms with van der Waals surface area (Å²) in [5.41, 5.74) is 0.202. The van der Waals surface area contributed by atoms with Crippen molar-refractivity contribution in [1.82, 2.24) is 0 Å². The van der Waals surface area contributed by atoms with Gasteiger partial charge in [0, 0.05) is 12.8 Å². The lowest BCUT2D eigenvalue weighted by Crippen LogP contribution is -2.11. The fourth-order valence-corrected chi connectivity index (χ4v) is 1.50. The number of aliphatic hydroxyl groups is 1. The third kappa shape index (κ3) is 3.63. The molecule has 0 fully saturated rings. The molecule has 0 aliphatic heterocycles. The Morgan fingerprint density at radius 1 is 1.38 bits per heavy atom. The Balaban J connectivity index is 2.53. The minimum absolute atomic E-state index is 0.119. The van der Waals surface area contributed by atoms with Crippen LogP contribution in [0.1, 0.15) is 24.8 Å². The van der Waals surface area contributed by atoms with Crippen LogP contribution in [0.15, 0.2) is 18.2 Å². The Kier molecular flexibility index (Phi) is 4.94. The molecule has 1 N–H and O–H groups in total.